The first-order valence-corrected chi connectivity index (χ1v) is 6.94. The first-order chi connectivity index (χ1) is 9.13. The van der Waals surface area contributed by atoms with Crippen molar-refractivity contribution in [1.29, 1.82) is 0 Å². The molecule has 0 amide bonds. The third-order valence-electron chi connectivity index (χ3n) is 2.87. The van der Waals surface area contributed by atoms with Gasteiger partial charge in [0, 0.05) is 13.2 Å². The van der Waals surface area contributed by atoms with Gasteiger partial charge in [0.25, 0.3) is 0 Å². The molecule has 0 bridgehead atoms. The Hall–Kier alpha value is -1.27. The Balaban J connectivity index is 2.41. The molecule has 0 radical (unpaired) electrons. The van der Waals surface area contributed by atoms with Crippen LogP contribution in [0.4, 0.5) is 4.39 Å². The molecule has 1 unspecified atom stereocenters. The average molecular weight is 327 g/mol. The molecule has 0 fully saturated rings. The largest absolute Gasteiger partial charge is 0.305 e. The molecule has 2 heterocycles. The molecule has 0 saturated heterocycles. The lowest BCUT2D eigenvalue weighted by molar-refractivity contribution is 0.544. The van der Waals surface area contributed by atoms with Gasteiger partial charge in [-0.05, 0) is 40.5 Å². The van der Waals surface area contributed by atoms with Crippen LogP contribution in [0.5, 0.6) is 0 Å². The minimum Gasteiger partial charge on any atom is -0.305 e. The number of hydrogen-bond acceptors (Lipinski definition) is 3. The quantitative estimate of drug-likeness (QED) is 0.918. The van der Waals surface area contributed by atoms with Crippen LogP contribution >= 0.6 is 15.9 Å². The summed E-state index contributed by atoms with van der Waals surface area (Å²) in [5.74, 6) is -0.334. The van der Waals surface area contributed by atoms with Crippen LogP contribution in [-0.4, -0.2) is 21.3 Å². The number of aryl methyl sites for hydroxylation is 1. The number of nitrogens with zero attached hydrogens (tertiary/aromatic N) is 3. The third-order valence-corrected chi connectivity index (χ3v) is 3.48. The lowest BCUT2D eigenvalue weighted by Gasteiger charge is -2.19. The summed E-state index contributed by atoms with van der Waals surface area (Å²) < 4.78 is 16.0. The summed E-state index contributed by atoms with van der Waals surface area (Å²) in [6.07, 6.45) is 5.62. The van der Waals surface area contributed by atoms with Crippen molar-refractivity contribution < 1.29 is 4.39 Å². The van der Waals surface area contributed by atoms with E-state index in [4.69, 9.17) is 0 Å². The van der Waals surface area contributed by atoms with Crippen LogP contribution in [-0.2, 0) is 7.05 Å². The standard InChI is InChI=1S/C13H16BrFN4/c1-3-4-17-12(9-5-10(15)7-16-6-9)13-11(14)8-18-19(13)2/h5-8,12,17H,3-4H2,1-2H3. The topological polar surface area (TPSA) is 42.7 Å². The molecule has 2 aromatic rings. The maximum Gasteiger partial charge on any atom is 0.141 e. The van der Waals surface area contributed by atoms with Gasteiger partial charge in [0.15, 0.2) is 0 Å². The second-order valence-corrected chi connectivity index (χ2v) is 5.18. The Morgan fingerprint density at radius 2 is 2.21 bits per heavy atom. The second-order valence-electron chi connectivity index (χ2n) is 4.32. The van der Waals surface area contributed by atoms with Gasteiger partial charge >= 0.3 is 0 Å². The molecule has 6 heteroatoms. The van der Waals surface area contributed by atoms with Crippen molar-refractivity contribution in [2.24, 2.45) is 7.05 Å². The first-order valence-electron chi connectivity index (χ1n) is 6.14. The molecule has 0 aliphatic carbocycles. The molecule has 102 valence electrons. The lowest BCUT2D eigenvalue weighted by atomic mass is 10.1. The number of pyridine rings is 1. The molecule has 0 aliphatic heterocycles. The zero-order valence-corrected chi connectivity index (χ0v) is 12.5. The summed E-state index contributed by atoms with van der Waals surface area (Å²) >= 11 is 3.49. The highest BCUT2D eigenvalue weighted by molar-refractivity contribution is 9.10. The van der Waals surface area contributed by atoms with E-state index >= 15 is 0 Å². The molecule has 1 atom stereocenters. The van der Waals surface area contributed by atoms with Crippen molar-refractivity contribution in [3.05, 3.63) is 46.2 Å². The van der Waals surface area contributed by atoms with Crippen LogP contribution in [0.25, 0.3) is 0 Å². The molecule has 1 N–H and O–H groups in total. The molecular weight excluding hydrogens is 311 g/mol. The van der Waals surface area contributed by atoms with Crippen molar-refractivity contribution in [3.8, 4) is 0 Å². The number of halogens is 2. The summed E-state index contributed by atoms with van der Waals surface area (Å²) in [5, 5.41) is 7.61. The van der Waals surface area contributed by atoms with Gasteiger partial charge in [-0.1, -0.05) is 6.92 Å². The summed E-state index contributed by atoms with van der Waals surface area (Å²) in [6, 6.07) is 1.37. The number of aromatic nitrogens is 3. The Morgan fingerprint density at radius 3 is 2.79 bits per heavy atom. The molecule has 2 aromatic heterocycles. The van der Waals surface area contributed by atoms with Gasteiger partial charge in [0.1, 0.15) is 5.82 Å². The van der Waals surface area contributed by atoms with Crippen LogP contribution in [0.1, 0.15) is 30.6 Å². The Labute approximate surface area is 120 Å². The van der Waals surface area contributed by atoms with Crippen LogP contribution in [0, 0.1) is 5.82 Å². The fourth-order valence-corrected chi connectivity index (χ4v) is 2.57. The zero-order chi connectivity index (χ0) is 13.8. The summed E-state index contributed by atoms with van der Waals surface area (Å²) in [7, 11) is 1.87. The second kappa shape index (κ2) is 6.25. The lowest BCUT2D eigenvalue weighted by Crippen LogP contribution is -2.25. The molecule has 0 aromatic carbocycles. The van der Waals surface area contributed by atoms with E-state index < -0.39 is 0 Å². The van der Waals surface area contributed by atoms with Crippen molar-refractivity contribution >= 4 is 15.9 Å². The normalized spacial score (nSPS) is 12.6. The van der Waals surface area contributed by atoms with Crippen LogP contribution in [0.2, 0.25) is 0 Å². The molecule has 4 nitrogen and oxygen atoms in total. The highest BCUT2D eigenvalue weighted by Gasteiger charge is 2.20. The maximum absolute atomic E-state index is 13.4. The van der Waals surface area contributed by atoms with E-state index in [0.29, 0.717) is 0 Å². The van der Waals surface area contributed by atoms with Gasteiger partial charge < -0.3 is 5.32 Å². The molecule has 0 saturated carbocycles. The average Bonchev–Trinajstić information content (AvgIpc) is 2.71. The molecule has 19 heavy (non-hydrogen) atoms. The highest BCUT2D eigenvalue weighted by atomic mass is 79.9. The minimum atomic E-state index is -0.334. The molecule has 2 rings (SSSR count). The maximum atomic E-state index is 13.4. The van der Waals surface area contributed by atoms with Gasteiger partial charge in [0.05, 0.1) is 28.6 Å². The van der Waals surface area contributed by atoms with E-state index in [9.17, 15) is 4.39 Å². The van der Waals surface area contributed by atoms with Crippen molar-refractivity contribution in [1.82, 2.24) is 20.1 Å². The first kappa shape index (κ1) is 14.1. The Kier molecular flexibility index (Phi) is 4.66. The van der Waals surface area contributed by atoms with E-state index in [0.717, 1.165) is 28.7 Å². The van der Waals surface area contributed by atoms with Crippen molar-refractivity contribution in [2.45, 2.75) is 19.4 Å². The Bertz CT molecular complexity index is 536. The smallest absolute Gasteiger partial charge is 0.141 e. The minimum absolute atomic E-state index is 0.134. The monoisotopic (exact) mass is 326 g/mol. The zero-order valence-electron chi connectivity index (χ0n) is 10.9. The summed E-state index contributed by atoms with van der Waals surface area (Å²) in [5.41, 5.74) is 1.75. The fourth-order valence-electron chi connectivity index (χ4n) is 1.99. The van der Waals surface area contributed by atoms with E-state index in [1.165, 1.54) is 12.3 Å². The van der Waals surface area contributed by atoms with Gasteiger partial charge in [-0.15, -0.1) is 0 Å². The fraction of sp³-hybridized carbons (Fsp3) is 0.385. The molecular formula is C13H16BrFN4. The molecule has 0 aliphatic rings. The number of hydrogen-bond donors (Lipinski definition) is 1. The third kappa shape index (κ3) is 3.19. The highest BCUT2D eigenvalue weighted by Crippen LogP contribution is 2.28. The van der Waals surface area contributed by atoms with Gasteiger partial charge in [0.2, 0.25) is 0 Å². The van der Waals surface area contributed by atoms with E-state index in [-0.39, 0.29) is 11.9 Å². The van der Waals surface area contributed by atoms with Crippen LogP contribution < -0.4 is 5.32 Å². The van der Waals surface area contributed by atoms with E-state index in [2.05, 4.69) is 38.3 Å². The summed E-state index contributed by atoms with van der Waals surface area (Å²) in [6.45, 7) is 2.92. The molecule has 0 spiro atoms. The predicted molar refractivity (Wildman–Crippen MR) is 75.2 cm³/mol. The predicted octanol–water partition coefficient (Wildman–Crippen LogP) is 2.81. The van der Waals surface area contributed by atoms with Gasteiger partial charge in [-0.3, -0.25) is 9.67 Å². The van der Waals surface area contributed by atoms with E-state index in [1.807, 2.05) is 7.05 Å². The number of nitrogens with one attached hydrogen (secondary N) is 1. The van der Waals surface area contributed by atoms with Gasteiger partial charge in [-0.25, -0.2) is 4.39 Å². The summed E-state index contributed by atoms with van der Waals surface area (Å²) in [4.78, 5) is 3.92. The van der Waals surface area contributed by atoms with Crippen LogP contribution in [0.15, 0.2) is 29.1 Å². The Morgan fingerprint density at radius 1 is 1.42 bits per heavy atom. The SMILES string of the molecule is CCCNC(c1cncc(F)c1)c1c(Br)cnn1C. The number of rotatable bonds is 5. The van der Waals surface area contributed by atoms with Crippen LogP contribution in [0.3, 0.4) is 0 Å². The van der Waals surface area contributed by atoms with Gasteiger partial charge in [-0.2, -0.15) is 5.10 Å². The van der Waals surface area contributed by atoms with Crippen molar-refractivity contribution in [2.75, 3.05) is 6.54 Å². The van der Waals surface area contributed by atoms with Crippen molar-refractivity contribution in [3.63, 3.8) is 0 Å². The van der Waals surface area contributed by atoms with E-state index in [1.54, 1.807) is 17.1 Å².